The average Bonchev–Trinajstić information content (AvgIpc) is 3.59. The molecule has 2 aliphatic rings. The smallest absolute Gasteiger partial charge is 0.225 e. The summed E-state index contributed by atoms with van der Waals surface area (Å²) in [5.74, 6) is -0.0949. The van der Waals surface area contributed by atoms with Gasteiger partial charge in [-0.15, -0.1) is 0 Å². The summed E-state index contributed by atoms with van der Waals surface area (Å²) in [4.78, 5) is 29.4. The van der Waals surface area contributed by atoms with Gasteiger partial charge in [-0.05, 0) is 88.3 Å². The first kappa shape index (κ1) is 24.3. The minimum absolute atomic E-state index is 0.0258. The maximum absolute atomic E-state index is 12.4. The number of carbonyl (C=O) groups is 2. The number of nitrogens with one attached hydrogen (secondary N) is 2. The molecular formula is C28H34N4O4. The van der Waals surface area contributed by atoms with Gasteiger partial charge in [0.2, 0.25) is 11.8 Å². The standard InChI is InChI=1S/C28H34N4O4/c33-25(9-15-31-11-1-2-12-31)29-19-5-7-21-23(17-19)27(35)22-8-6-20(18-24(22)28(21)36)30-26(34)10-16-32-13-3-4-14-32/h5-8,17-18,35-36H,1-4,9-16H2,(H,29,33)(H,30,34). The number of phenolic OH excluding ortho intramolecular Hbond substituents is 2. The van der Waals surface area contributed by atoms with Crippen LogP contribution >= 0.6 is 0 Å². The van der Waals surface area contributed by atoms with Gasteiger partial charge in [-0.25, -0.2) is 0 Å². The number of fused-ring (bicyclic) bond motifs is 2. The molecule has 3 aromatic rings. The van der Waals surface area contributed by atoms with Gasteiger partial charge in [-0.2, -0.15) is 0 Å². The van der Waals surface area contributed by atoms with E-state index in [4.69, 9.17) is 0 Å². The second-order valence-corrected chi connectivity index (χ2v) is 9.91. The Morgan fingerprint density at radius 2 is 1.03 bits per heavy atom. The number of carbonyl (C=O) groups excluding carboxylic acids is 2. The van der Waals surface area contributed by atoms with Crippen molar-refractivity contribution in [2.24, 2.45) is 0 Å². The Morgan fingerprint density at radius 3 is 1.42 bits per heavy atom. The SMILES string of the molecule is O=C(CCN1CCCC1)Nc1ccc2c(O)c3cc(NC(=O)CCN4CCCC4)ccc3c(O)c2c1. The molecular weight excluding hydrogens is 456 g/mol. The van der Waals surface area contributed by atoms with Crippen LogP contribution in [-0.2, 0) is 9.59 Å². The lowest BCUT2D eigenvalue weighted by atomic mass is 9.99. The molecule has 2 aliphatic heterocycles. The minimum Gasteiger partial charge on any atom is -0.507 e. The van der Waals surface area contributed by atoms with E-state index in [-0.39, 0.29) is 23.3 Å². The predicted molar refractivity (Wildman–Crippen MR) is 143 cm³/mol. The lowest BCUT2D eigenvalue weighted by molar-refractivity contribution is -0.117. The van der Waals surface area contributed by atoms with Crippen LogP contribution in [0.2, 0.25) is 0 Å². The van der Waals surface area contributed by atoms with Gasteiger partial charge in [0.25, 0.3) is 0 Å². The lowest BCUT2D eigenvalue weighted by Crippen LogP contribution is -2.25. The minimum atomic E-state index is -0.0733. The number of amides is 2. The molecule has 8 nitrogen and oxygen atoms in total. The third-order valence-electron chi connectivity index (χ3n) is 7.33. The molecule has 5 rings (SSSR count). The van der Waals surface area contributed by atoms with Crippen molar-refractivity contribution in [3.05, 3.63) is 36.4 Å². The number of aromatic hydroxyl groups is 2. The highest BCUT2D eigenvalue weighted by molar-refractivity contribution is 6.12. The highest BCUT2D eigenvalue weighted by Gasteiger charge is 2.17. The van der Waals surface area contributed by atoms with Gasteiger partial charge in [0.15, 0.2) is 0 Å². The second-order valence-electron chi connectivity index (χ2n) is 9.91. The van der Waals surface area contributed by atoms with Crippen molar-refractivity contribution < 1.29 is 19.8 Å². The van der Waals surface area contributed by atoms with Crippen molar-refractivity contribution in [2.75, 3.05) is 49.9 Å². The van der Waals surface area contributed by atoms with Crippen LogP contribution < -0.4 is 10.6 Å². The quantitative estimate of drug-likeness (QED) is 0.278. The normalized spacial score (nSPS) is 16.7. The van der Waals surface area contributed by atoms with Gasteiger partial charge in [0.05, 0.1) is 0 Å². The molecule has 0 saturated carbocycles. The summed E-state index contributed by atoms with van der Waals surface area (Å²) in [6.45, 7) is 5.68. The van der Waals surface area contributed by atoms with Crippen molar-refractivity contribution >= 4 is 44.7 Å². The van der Waals surface area contributed by atoms with E-state index in [2.05, 4.69) is 20.4 Å². The zero-order valence-electron chi connectivity index (χ0n) is 20.6. The van der Waals surface area contributed by atoms with Gasteiger partial charge < -0.3 is 30.6 Å². The van der Waals surface area contributed by atoms with Crippen molar-refractivity contribution in [3.8, 4) is 11.5 Å². The topological polar surface area (TPSA) is 105 Å². The van der Waals surface area contributed by atoms with E-state index in [0.29, 0.717) is 45.8 Å². The lowest BCUT2D eigenvalue weighted by Gasteiger charge is -2.15. The van der Waals surface area contributed by atoms with Gasteiger partial charge in [0, 0.05) is 58.9 Å². The van der Waals surface area contributed by atoms with Crippen molar-refractivity contribution in [2.45, 2.75) is 38.5 Å². The van der Waals surface area contributed by atoms with E-state index in [1.807, 2.05) is 0 Å². The van der Waals surface area contributed by atoms with Crippen LogP contribution in [-0.4, -0.2) is 71.1 Å². The zero-order chi connectivity index (χ0) is 25.1. The average molecular weight is 491 g/mol. The monoisotopic (exact) mass is 490 g/mol. The van der Waals surface area contributed by atoms with E-state index in [9.17, 15) is 19.8 Å². The number of nitrogens with zero attached hydrogens (tertiary/aromatic N) is 2. The molecule has 2 amide bonds. The van der Waals surface area contributed by atoms with Crippen LogP contribution in [0.3, 0.4) is 0 Å². The van der Waals surface area contributed by atoms with Gasteiger partial charge in [-0.1, -0.05) is 0 Å². The maximum atomic E-state index is 12.4. The Bertz CT molecular complexity index is 1180. The summed E-state index contributed by atoms with van der Waals surface area (Å²) in [6, 6.07) is 10.2. The zero-order valence-corrected chi connectivity index (χ0v) is 20.6. The molecule has 2 heterocycles. The van der Waals surface area contributed by atoms with E-state index in [0.717, 1.165) is 39.3 Å². The van der Waals surface area contributed by atoms with Crippen molar-refractivity contribution in [1.29, 1.82) is 0 Å². The number of anilines is 2. The van der Waals surface area contributed by atoms with Crippen LogP contribution in [0, 0.1) is 0 Å². The molecule has 8 heteroatoms. The fourth-order valence-electron chi connectivity index (χ4n) is 5.32. The molecule has 0 radical (unpaired) electrons. The number of benzene rings is 3. The molecule has 4 N–H and O–H groups in total. The molecule has 190 valence electrons. The Morgan fingerprint density at radius 1 is 0.639 bits per heavy atom. The molecule has 0 unspecified atom stereocenters. The largest absolute Gasteiger partial charge is 0.507 e. The number of phenols is 2. The summed E-state index contributed by atoms with van der Waals surface area (Å²) in [7, 11) is 0. The highest BCUT2D eigenvalue weighted by atomic mass is 16.3. The molecule has 0 atom stereocenters. The number of hydrogen-bond acceptors (Lipinski definition) is 6. The molecule has 3 aromatic carbocycles. The first-order valence-corrected chi connectivity index (χ1v) is 12.9. The van der Waals surface area contributed by atoms with Crippen LogP contribution in [0.25, 0.3) is 21.5 Å². The second kappa shape index (κ2) is 10.7. The van der Waals surface area contributed by atoms with Crippen LogP contribution in [0.4, 0.5) is 11.4 Å². The molecule has 36 heavy (non-hydrogen) atoms. The first-order valence-electron chi connectivity index (χ1n) is 12.9. The molecule has 0 aromatic heterocycles. The fraction of sp³-hybridized carbons (Fsp3) is 0.429. The van der Waals surface area contributed by atoms with E-state index in [1.54, 1.807) is 36.4 Å². The van der Waals surface area contributed by atoms with Crippen molar-refractivity contribution in [1.82, 2.24) is 9.80 Å². The Hall–Kier alpha value is -3.36. The number of likely N-dealkylation sites (tertiary alicyclic amines) is 2. The summed E-state index contributed by atoms with van der Waals surface area (Å²) in [5.41, 5.74) is 1.15. The summed E-state index contributed by atoms with van der Waals surface area (Å²) in [6.07, 6.45) is 5.59. The van der Waals surface area contributed by atoms with E-state index in [1.165, 1.54) is 25.7 Å². The van der Waals surface area contributed by atoms with Crippen LogP contribution in [0.1, 0.15) is 38.5 Å². The molecule has 0 aliphatic carbocycles. The van der Waals surface area contributed by atoms with Crippen LogP contribution in [0.15, 0.2) is 36.4 Å². The summed E-state index contributed by atoms with van der Waals surface area (Å²) >= 11 is 0. The van der Waals surface area contributed by atoms with Crippen LogP contribution in [0.5, 0.6) is 11.5 Å². The van der Waals surface area contributed by atoms with Gasteiger partial charge >= 0.3 is 0 Å². The highest BCUT2D eigenvalue weighted by Crippen LogP contribution is 2.43. The summed E-state index contributed by atoms with van der Waals surface area (Å²) in [5, 5.41) is 29.7. The predicted octanol–water partition coefficient (Wildman–Crippen LogP) is 4.25. The van der Waals surface area contributed by atoms with Gasteiger partial charge in [-0.3, -0.25) is 9.59 Å². The Labute approximate surface area is 210 Å². The number of hydrogen-bond donors (Lipinski definition) is 4. The fourth-order valence-corrected chi connectivity index (χ4v) is 5.32. The Kier molecular flexibility index (Phi) is 7.25. The summed E-state index contributed by atoms with van der Waals surface area (Å²) < 4.78 is 0. The van der Waals surface area contributed by atoms with Gasteiger partial charge in [0.1, 0.15) is 11.5 Å². The molecule has 2 saturated heterocycles. The van der Waals surface area contributed by atoms with Crippen molar-refractivity contribution in [3.63, 3.8) is 0 Å². The number of rotatable bonds is 8. The Balaban J connectivity index is 1.31. The third kappa shape index (κ3) is 5.39. The first-order chi connectivity index (χ1) is 17.5. The molecule has 2 fully saturated rings. The molecule has 0 bridgehead atoms. The van der Waals surface area contributed by atoms with E-state index >= 15 is 0 Å². The van der Waals surface area contributed by atoms with E-state index < -0.39 is 0 Å². The maximum Gasteiger partial charge on any atom is 0.225 e. The molecule has 0 spiro atoms. The third-order valence-corrected chi connectivity index (χ3v) is 7.33.